The number of carbonyl (C=O) groups excluding carboxylic acids is 3. The smallest absolute Gasteiger partial charge is 0.318 e. The average molecular weight is 452 g/mol. The molecule has 1 amide bonds. The van der Waals surface area contributed by atoms with Crippen LogP contribution < -0.4 is 5.32 Å². The molecule has 1 heterocycles. The molecule has 0 unspecified atom stereocenters. The van der Waals surface area contributed by atoms with Gasteiger partial charge in [-0.1, -0.05) is 60.7 Å². The van der Waals surface area contributed by atoms with Gasteiger partial charge in [-0.3, -0.25) is 14.4 Å². The zero-order valence-corrected chi connectivity index (χ0v) is 19.7. The van der Waals surface area contributed by atoms with E-state index in [0.29, 0.717) is 12.8 Å². The summed E-state index contributed by atoms with van der Waals surface area (Å²) in [7, 11) is 0. The van der Waals surface area contributed by atoms with Crippen LogP contribution in [-0.4, -0.2) is 30.1 Å². The second-order valence-corrected chi connectivity index (χ2v) is 9.37. The van der Waals surface area contributed by atoms with Gasteiger partial charge in [0.15, 0.2) is 0 Å². The van der Waals surface area contributed by atoms with Crippen molar-refractivity contribution in [2.24, 2.45) is 17.8 Å². The number of amides is 1. The van der Waals surface area contributed by atoms with Crippen molar-refractivity contribution in [2.75, 3.05) is 6.61 Å². The second kappa shape index (κ2) is 10.6. The SMILES string of the molecule is CCOC(=O)[C@@H]1C(=O)N[C@@H](c2ccccc2)[C@@H](C(=O)OC(C)(C)C)[C@H]1CCc1ccccc1. The van der Waals surface area contributed by atoms with Crippen molar-refractivity contribution in [3.8, 4) is 0 Å². The van der Waals surface area contributed by atoms with Crippen molar-refractivity contribution >= 4 is 17.8 Å². The molecule has 6 heteroatoms. The molecule has 1 aliphatic heterocycles. The third-order valence-corrected chi connectivity index (χ3v) is 5.82. The molecular formula is C27H33NO5. The van der Waals surface area contributed by atoms with E-state index >= 15 is 0 Å². The van der Waals surface area contributed by atoms with Crippen LogP contribution in [0.15, 0.2) is 60.7 Å². The van der Waals surface area contributed by atoms with Crippen LogP contribution in [0.1, 0.15) is 51.3 Å². The van der Waals surface area contributed by atoms with Gasteiger partial charge in [-0.05, 0) is 57.6 Å². The average Bonchev–Trinajstić information content (AvgIpc) is 2.77. The van der Waals surface area contributed by atoms with E-state index < -0.39 is 47.2 Å². The Morgan fingerprint density at radius 2 is 1.55 bits per heavy atom. The maximum absolute atomic E-state index is 13.5. The Kier molecular flexibility index (Phi) is 7.90. The number of nitrogens with one attached hydrogen (secondary N) is 1. The summed E-state index contributed by atoms with van der Waals surface area (Å²) in [6.45, 7) is 7.30. The van der Waals surface area contributed by atoms with Crippen molar-refractivity contribution in [3.63, 3.8) is 0 Å². The molecule has 0 radical (unpaired) electrons. The van der Waals surface area contributed by atoms with Crippen molar-refractivity contribution in [2.45, 2.75) is 52.2 Å². The minimum absolute atomic E-state index is 0.160. The highest BCUT2D eigenvalue weighted by Gasteiger charge is 2.52. The lowest BCUT2D eigenvalue weighted by Gasteiger charge is -2.42. The number of esters is 2. The highest BCUT2D eigenvalue weighted by Crippen LogP contribution is 2.41. The van der Waals surface area contributed by atoms with Crippen LogP contribution in [-0.2, 0) is 30.3 Å². The molecule has 1 N–H and O–H groups in total. The molecule has 2 aromatic carbocycles. The number of carbonyl (C=O) groups is 3. The maximum Gasteiger partial charge on any atom is 0.318 e. The number of ether oxygens (including phenoxy) is 2. The van der Waals surface area contributed by atoms with E-state index in [1.807, 2.05) is 81.4 Å². The lowest BCUT2D eigenvalue weighted by Crippen LogP contribution is -2.56. The van der Waals surface area contributed by atoms with E-state index in [-0.39, 0.29) is 6.61 Å². The maximum atomic E-state index is 13.5. The van der Waals surface area contributed by atoms with Crippen LogP contribution in [0.5, 0.6) is 0 Å². The van der Waals surface area contributed by atoms with E-state index in [1.165, 1.54) is 0 Å². The Hall–Kier alpha value is -3.15. The number of hydrogen-bond acceptors (Lipinski definition) is 5. The van der Waals surface area contributed by atoms with Crippen LogP contribution >= 0.6 is 0 Å². The minimum Gasteiger partial charge on any atom is -0.465 e. The molecule has 0 aliphatic carbocycles. The fourth-order valence-corrected chi connectivity index (χ4v) is 4.45. The van der Waals surface area contributed by atoms with E-state index in [2.05, 4.69) is 5.32 Å². The molecule has 0 saturated carbocycles. The Labute approximate surface area is 195 Å². The number of aryl methyl sites for hydroxylation is 1. The predicted molar refractivity (Wildman–Crippen MR) is 125 cm³/mol. The van der Waals surface area contributed by atoms with Gasteiger partial charge in [0, 0.05) is 0 Å². The summed E-state index contributed by atoms with van der Waals surface area (Å²) in [6.07, 6.45) is 1.09. The summed E-state index contributed by atoms with van der Waals surface area (Å²) in [5.74, 6) is -3.83. The molecule has 33 heavy (non-hydrogen) atoms. The molecule has 3 rings (SSSR count). The molecular weight excluding hydrogens is 418 g/mol. The van der Waals surface area contributed by atoms with Crippen LogP contribution in [0.2, 0.25) is 0 Å². The molecule has 6 nitrogen and oxygen atoms in total. The lowest BCUT2D eigenvalue weighted by molar-refractivity contribution is -0.171. The summed E-state index contributed by atoms with van der Waals surface area (Å²) >= 11 is 0. The molecule has 0 aromatic heterocycles. The zero-order valence-electron chi connectivity index (χ0n) is 19.7. The molecule has 1 saturated heterocycles. The molecule has 176 valence electrons. The number of piperidine rings is 1. The fraction of sp³-hybridized carbons (Fsp3) is 0.444. The van der Waals surface area contributed by atoms with Gasteiger partial charge in [-0.2, -0.15) is 0 Å². The first kappa shape index (κ1) is 24.5. The molecule has 0 bridgehead atoms. The topological polar surface area (TPSA) is 81.7 Å². The molecule has 1 fully saturated rings. The largest absolute Gasteiger partial charge is 0.465 e. The zero-order chi connectivity index (χ0) is 24.0. The molecule has 1 aliphatic rings. The van der Waals surface area contributed by atoms with Crippen molar-refractivity contribution < 1.29 is 23.9 Å². The van der Waals surface area contributed by atoms with Crippen LogP contribution in [0.3, 0.4) is 0 Å². The number of rotatable bonds is 7. The minimum atomic E-state index is -1.08. The molecule has 2 aromatic rings. The van der Waals surface area contributed by atoms with E-state index in [4.69, 9.17) is 9.47 Å². The van der Waals surface area contributed by atoms with Gasteiger partial charge in [0.2, 0.25) is 5.91 Å². The quantitative estimate of drug-likeness (QED) is 0.503. The van der Waals surface area contributed by atoms with E-state index in [9.17, 15) is 14.4 Å². The van der Waals surface area contributed by atoms with Crippen LogP contribution in [0.4, 0.5) is 0 Å². The summed E-state index contributed by atoms with van der Waals surface area (Å²) in [5, 5.41) is 2.93. The van der Waals surface area contributed by atoms with Gasteiger partial charge in [0.1, 0.15) is 11.5 Å². The van der Waals surface area contributed by atoms with Crippen LogP contribution in [0.25, 0.3) is 0 Å². The van der Waals surface area contributed by atoms with Gasteiger partial charge in [0.25, 0.3) is 0 Å². The number of hydrogen-bond donors (Lipinski definition) is 1. The van der Waals surface area contributed by atoms with E-state index in [0.717, 1.165) is 11.1 Å². The predicted octanol–water partition coefficient (Wildman–Crippen LogP) is 4.24. The Morgan fingerprint density at radius 3 is 2.12 bits per heavy atom. The van der Waals surface area contributed by atoms with Crippen LogP contribution in [0, 0.1) is 17.8 Å². The third-order valence-electron chi connectivity index (χ3n) is 5.82. The Bertz CT molecular complexity index is 951. The summed E-state index contributed by atoms with van der Waals surface area (Å²) < 4.78 is 11.0. The third kappa shape index (κ3) is 6.21. The molecule has 0 spiro atoms. The van der Waals surface area contributed by atoms with Crippen molar-refractivity contribution in [3.05, 3.63) is 71.8 Å². The van der Waals surface area contributed by atoms with Gasteiger partial charge < -0.3 is 14.8 Å². The standard InChI is InChI=1S/C27H33NO5/c1-5-32-25(30)22-20(17-16-18-12-8-6-9-13-18)21(26(31)33-27(2,3)4)23(28-24(22)29)19-14-10-7-11-15-19/h6-15,20-23H,5,16-17H2,1-4H3,(H,28,29)/t20-,21+,22+,23+/m1/s1. The fourth-order valence-electron chi connectivity index (χ4n) is 4.45. The lowest BCUT2D eigenvalue weighted by atomic mass is 9.69. The molecule has 4 atom stereocenters. The Balaban J connectivity index is 2.04. The monoisotopic (exact) mass is 451 g/mol. The second-order valence-electron chi connectivity index (χ2n) is 9.37. The van der Waals surface area contributed by atoms with Gasteiger partial charge in [0.05, 0.1) is 18.6 Å². The Morgan fingerprint density at radius 1 is 0.939 bits per heavy atom. The first-order valence-corrected chi connectivity index (χ1v) is 11.5. The highest BCUT2D eigenvalue weighted by molar-refractivity contribution is 6.00. The van der Waals surface area contributed by atoms with E-state index in [1.54, 1.807) is 6.92 Å². The summed E-state index contributed by atoms with van der Waals surface area (Å²) in [6, 6.07) is 18.6. The number of benzene rings is 2. The van der Waals surface area contributed by atoms with Crippen molar-refractivity contribution in [1.29, 1.82) is 0 Å². The first-order chi connectivity index (χ1) is 15.7. The summed E-state index contributed by atoms with van der Waals surface area (Å²) in [4.78, 5) is 39.6. The highest BCUT2D eigenvalue weighted by atomic mass is 16.6. The summed E-state index contributed by atoms with van der Waals surface area (Å²) in [5.41, 5.74) is 1.17. The normalized spacial score (nSPS) is 22.8. The van der Waals surface area contributed by atoms with Gasteiger partial charge in [-0.15, -0.1) is 0 Å². The first-order valence-electron chi connectivity index (χ1n) is 11.5. The van der Waals surface area contributed by atoms with Gasteiger partial charge in [-0.25, -0.2) is 0 Å². The van der Waals surface area contributed by atoms with Crippen molar-refractivity contribution in [1.82, 2.24) is 5.32 Å². The van der Waals surface area contributed by atoms with Gasteiger partial charge >= 0.3 is 11.9 Å².